The molecule has 0 fully saturated rings. The first-order valence-corrected chi connectivity index (χ1v) is 6.85. The molecule has 1 heterocycles. The topological polar surface area (TPSA) is 89.1 Å². The van der Waals surface area contributed by atoms with Crippen LogP contribution in [0, 0.1) is 6.92 Å². The molecule has 5 nitrogen and oxygen atoms in total. The summed E-state index contributed by atoms with van der Waals surface area (Å²) < 4.78 is 0. The van der Waals surface area contributed by atoms with E-state index in [0.717, 1.165) is 29.4 Å². The molecule has 0 aliphatic rings. The Morgan fingerprint density at radius 1 is 1.56 bits per heavy atom. The Balaban J connectivity index is 2.22. The molecule has 1 aromatic heterocycles. The van der Waals surface area contributed by atoms with E-state index in [4.69, 9.17) is 10.8 Å². The quantitative estimate of drug-likeness (QED) is 0.446. The highest BCUT2D eigenvalue weighted by Gasteiger charge is 2.26. The van der Waals surface area contributed by atoms with Gasteiger partial charge in [0, 0.05) is 17.6 Å². The Hall–Kier alpha value is -1.14. The molecule has 0 saturated heterocycles. The molecular formula is C12H19N3O2S. The van der Waals surface area contributed by atoms with E-state index in [1.54, 1.807) is 24.9 Å². The maximum atomic E-state index is 10.8. The van der Waals surface area contributed by atoms with Gasteiger partial charge in [-0.3, -0.25) is 4.79 Å². The second kappa shape index (κ2) is 6.70. The van der Waals surface area contributed by atoms with Crippen molar-refractivity contribution >= 4 is 17.7 Å². The molecule has 100 valence electrons. The molecule has 0 saturated carbocycles. The van der Waals surface area contributed by atoms with Crippen LogP contribution in [0.2, 0.25) is 0 Å². The van der Waals surface area contributed by atoms with E-state index in [9.17, 15) is 4.79 Å². The highest BCUT2D eigenvalue weighted by molar-refractivity contribution is 7.99. The molecule has 0 bridgehead atoms. The first-order valence-electron chi connectivity index (χ1n) is 5.86. The number of nitrogens with zero attached hydrogens (tertiary/aromatic N) is 2. The first kappa shape index (κ1) is 14.9. The summed E-state index contributed by atoms with van der Waals surface area (Å²) in [5.74, 6) is -0.0729. The number of unbranched alkanes of at least 4 members (excludes halogenated alkanes) is 1. The third kappa shape index (κ3) is 5.01. The Labute approximate surface area is 111 Å². The number of nitrogens with two attached hydrogens (primary N) is 1. The number of carboxylic acid groups (broad SMARTS) is 1. The zero-order valence-corrected chi connectivity index (χ0v) is 11.5. The summed E-state index contributed by atoms with van der Waals surface area (Å²) in [4.78, 5) is 19.2. The number of carbonyl (C=O) groups is 1. The van der Waals surface area contributed by atoms with Crippen molar-refractivity contribution in [1.82, 2.24) is 9.97 Å². The predicted octanol–water partition coefficient (Wildman–Crippen LogP) is 1.85. The molecule has 1 aromatic rings. The zero-order chi connectivity index (χ0) is 13.6. The second-order valence-corrected chi connectivity index (χ2v) is 5.57. The van der Waals surface area contributed by atoms with Crippen molar-refractivity contribution in [3.63, 3.8) is 0 Å². The number of aromatic nitrogens is 2. The van der Waals surface area contributed by atoms with Gasteiger partial charge in [-0.2, -0.15) is 0 Å². The van der Waals surface area contributed by atoms with Crippen LogP contribution in [0.5, 0.6) is 0 Å². The van der Waals surface area contributed by atoms with Crippen LogP contribution in [0.3, 0.4) is 0 Å². The molecule has 0 radical (unpaired) electrons. The van der Waals surface area contributed by atoms with Crippen LogP contribution < -0.4 is 5.73 Å². The Kier molecular flexibility index (Phi) is 5.55. The summed E-state index contributed by atoms with van der Waals surface area (Å²) in [6.07, 6.45) is 3.92. The van der Waals surface area contributed by atoms with Crippen molar-refractivity contribution in [2.24, 2.45) is 5.73 Å². The number of hydrogen-bond acceptors (Lipinski definition) is 5. The van der Waals surface area contributed by atoms with E-state index in [-0.39, 0.29) is 0 Å². The summed E-state index contributed by atoms with van der Waals surface area (Å²) in [5.41, 5.74) is 5.47. The molecular weight excluding hydrogens is 250 g/mol. The fourth-order valence-electron chi connectivity index (χ4n) is 1.36. The van der Waals surface area contributed by atoms with E-state index in [1.165, 1.54) is 0 Å². The number of aryl methyl sites for hydroxylation is 1. The molecule has 1 atom stereocenters. The fraction of sp³-hybridized carbons (Fsp3) is 0.583. The van der Waals surface area contributed by atoms with Gasteiger partial charge in [0.15, 0.2) is 5.16 Å². The number of carboxylic acids is 1. The van der Waals surface area contributed by atoms with Crippen molar-refractivity contribution in [2.45, 2.75) is 43.8 Å². The van der Waals surface area contributed by atoms with Crippen LogP contribution in [0.4, 0.5) is 0 Å². The number of aliphatic carboxylic acids is 1. The van der Waals surface area contributed by atoms with Crippen LogP contribution in [-0.4, -0.2) is 32.3 Å². The molecule has 0 aliphatic carbocycles. The van der Waals surface area contributed by atoms with E-state index >= 15 is 0 Å². The zero-order valence-electron chi connectivity index (χ0n) is 10.7. The highest BCUT2D eigenvalue weighted by atomic mass is 32.2. The van der Waals surface area contributed by atoms with Crippen LogP contribution in [0.25, 0.3) is 0 Å². The lowest BCUT2D eigenvalue weighted by Gasteiger charge is -2.18. The van der Waals surface area contributed by atoms with Crippen LogP contribution in [0.1, 0.15) is 31.9 Å². The average Bonchev–Trinajstić information content (AvgIpc) is 2.28. The summed E-state index contributed by atoms with van der Waals surface area (Å²) >= 11 is 1.58. The van der Waals surface area contributed by atoms with E-state index in [1.807, 2.05) is 13.0 Å². The molecule has 1 unspecified atom stereocenters. The minimum Gasteiger partial charge on any atom is -0.480 e. The SMILES string of the molecule is Cc1ccnc(SCCCCC(C)(N)C(=O)O)n1. The number of thioether (sulfide) groups is 1. The lowest BCUT2D eigenvalue weighted by molar-refractivity contribution is -0.142. The van der Waals surface area contributed by atoms with Gasteiger partial charge in [0.25, 0.3) is 0 Å². The van der Waals surface area contributed by atoms with Gasteiger partial charge in [-0.05, 0) is 32.8 Å². The Morgan fingerprint density at radius 3 is 2.89 bits per heavy atom. The lowest BCUT2D eigenvalue weighted by Crippen LogP contribution is -2.44. The van der Waals surface area contributed by atoms with E-state index in [2.05, 4.69) is 9.97 Å². The Bertz CT molecular complexity index is 410. The minimum absolute atomic E-state index is 0.484. The summed E-state index contributed by atoms with van der Waals surface area (Å²) in [7, 11) is 0. The van der Waals surface area contributed by atoms with Gasteiger partial charge in [0.1, 0.15) is 5.54 Å². The molecule has 18 heavy (non-hydrogen) atoms. The molecule has 3 N–H and O–H groups in total. The summed E-state index contributed by atoms with van der Waals surface area (Å²) in [6.45, 7) is 3.48. The minimum atomic E-state index is -1.12. The molecule has 0 spiro atoms. The predicted molar refractivity (Wildman–Crippen MR) is 71.6 cm³/mol. The molecule has 0 aliphatic heterocycles. The largest absolute Gasteiger partial charge is 0.480 e. The van der Waals surface area contributed by atoms with Gasteiger partial charge < -0.3 is 10.8 Å². The fourth-order valence-corrected chi connectivity index (χ4v) is 2.24. The van der Waals surface area contributed by atoms with Gasteiger partial charge in [-0.1, -0.05) is 18.2 Å². The van der Waals surface area contributed by atoms with E-state index in [0.29, 0.717) is 6.42 Å². The van der Waals surface area contributed by atoms with Gasteiger partial charge in [-0.25, -0.2) is 9.97 Å². The summed E-state index contributed by atoms with van der Waals surface area (Å²) in [5, 5.41) is 9.62. The Morgan fingerprint density at radius 2 is 2.28 bits per heavy atom. The molecule has 1 rings (SSSR count). The smallest absolute Gasteiger partial charge is 0.323 e. The van der Waals surface area contributed by atoms with Crippen molar-refractivity contribution in [3.05, 3.63) is 18.0 Å². The number of hydrogen-bond donors (Lipinski definition) is 2. The van der Waals surface area contributed by atoms with Crippen molar-refractivity contribution in [1.29, 1.82) is 0 Å². The van der Waals surface area contributed by atoms with Crippen molar-refractivity contribution < 1.29 is 9.90 Å². The molecule has 0 amide bonds. The van der Waals surface area contributed by atoms with Gasteiger partial charge >= 0.3 is 5.97 Å². The van der Waals surface area contributed by atoms with Crippen LogP contribution in [-0.2, 0) is 4.79 Å². The standard InChI is InChI=1S/C12H19N3O2S/c1-9-5-7-14-11(15-9)18-8-4-3-6-12(2,13)10(16)17/h5,7H,3-4,6,8,13H2,1-2H3,(H,16,17). The van der Waals surface area contributed by atoms with Crippen molar-refractivity contribution in [3.8, 4) is 0 Å². The average molecular weight is 269 g/mol. The maximum absolute atomic E-state index is 10.8. The third-order valence-electron chi connectivity index (χ3n) is 2.58. The van der Waals surface area contributed by atoms with E-state index < -0.39 is 11.5 Å². The van der Waals surface area contributed by atoms with Crippen LogP contribution >= 0.6 is 11.8 Å². The first-order chi connectivity index (χ1) is 8.42. The monoisotopic (exact) mass is 269 g/mol. The second-order valence-electron chi connectivity index (χ2n) is 4.51. The maximum Gasteiger partial charge on any atom is 0.323 e. The molecule has 0 aromatic carbocycles. The summed E-state index contributed by atoms with van der Waals surface area (Å²) in [6, 6.07) is 1.86. The number of rotatable bonds is 7. The van der Waals surface area contributed by atoms with Crippen molar-refractivity contribution in [2.75, 3.05) is 5.75 Å². The van der Waals surface area contributed by atoms with Gasteiger partial charge in [-0.15, -0.1) is 0 Å². The van der Waals surface area contributed by atoms with Gasteiger partial charge in [0.2, 0.25) is 0 Å². The van der Waals surface area contributed by atoms with Gasteiger partial charge in [0.05, 0.1) is 0 Å². The normalized spacial score (nSPS) is 14.2. The van der Waals surface area contributed by atoms with Crippen LogP contribution in [0.15, 0.2) is 17.4 Å². The highest BCUT2D eigenvalue weighted by Crippen LogP contribution is 2.17. The lowest BCUT2D eigenvalue weighted by atomic mass is 9.97. The molecule has 6 heteroatoms. The third-order valence-corrected chi connectivity index (χ3v) is 3.53.